The molecule has 0 spiro atoms. The standard InChI is InChI=1S/C16H14ClNO3/c1-10(11-2-5-13(17)6-3-11)18-16(19)12-4-7-14-15(8-12)21-9-20-14/h2-8,10H,9H2,1H3,(H,18,19)/t10-/m0/s1. The molecule has 1 N–H and O–H groups in total. The minimum Gasteiger partial charge on any atom is -0.454 e. The predicted molar refractivity (Wildman–Crippen MR) is 79.9 cm³/mol. The number of carbonyl (C=O) groups is 1. The number of hydrogen-bond acceptors (Lipinski definition) is 3. The Morgan fingerprint density at radius 1 is 1.14 bits per heavy atom. The molecular weight excluding hydrogens is 290 g/mol. The van der Waals surface area contributed by atoms with Gasteiger partial charge in [0.2, 0.25) is 6.79 Å². The molecule has 3 rings (SSSR count). The van der Waals surface area contributed by atoms with Crippen LogP contribution in [0.2, 0.25) is 5.02 Å². The molecule has 1 aliphatic rings. The number of fused-ring (bicyclic) bond motifs is 1. The van der Waals surface area contributed by atoms with Crippen molar-refractivity contribution in [1.29, 1.82) is 0 Å². The number of amides is 1. The summed E-state index contributed by atoms with van der Waals surface area (Å²) in [5.41, 5.74) is 1.54. The summed E-state index contributed by atoms with van der Waals surface area (Å²) < 4.78 is 10.5. The number of carbonyl (C=O) groups excluding carboxylic acids is 1. The van der Waals surface area contributed by atoms with E-state index < -0.39 is 0 Å². The highest BCUT2D eigenvalue weighted by Gasteiger charge is 2.17. The molecule has 0 unspecified atom stereocenters. The van der Waals surface area contributed by atoms with Crippen LogP contribution in [0.5, 0.6) is 11.5 Å². The zero-order chi connectivity index (χ0) is 14.8. The quantitative estimate of drug-likeness (QED) is 0.943. The van der Waals surface area contributed by atoms with Crippen molar-refractivity contribution in [3.05, 3.63) is 58.6 Å². The molecule has 0 aliphatic carbocycles. The van der Waals surface area contributed by atoms with E-state index in [1.165, 1.54) is 0 Å². The molecule has 1 heterocycles. The Bertz CT molecular complexity index is 670. The molecule has 5 heteroatoms. The van der Waals surface area contributed by atoms with Gasteiger partial charge in [0, 0.05) is 10.6 Å². The lowest BCUT2D eigenvalue weighted by molar-refractivity contribution is 0.0939. The molecule has 2 aromatic rings. The fourth-order valence-electron chi connectivity index (χ4n) is 2.15. The summed E-state index contributed by atoms with van der Waals surface area (Å²) in [4.78, 5) is 12.3. The van der Waals surface area contributed by atoms with Gasteiger partial charge in [-0.25, -0.2) is 0 Å². The van der Waals surface area contributed by atoms with Crippen molar-refractivity contribution < 1.29 is 14.3 Å². The van der Waals surface area contributed by atoms with Crippen molar-refractivity contribution in [2.45, 2.75) is 13.0 Å². The summed E-state index contributed by atoms with van der Waals surface area (Å²) in [7, 11) is 0. The van der Waals surface area contributed by atoms with Crippen LogP contribution in [0.25, 0.3) is 0 Å². The highest BCUT2D eigenvalue weighted by Crippen LogP contribution is 2.32. The summed E-state index contributed by atoms with van der Waals surface area (Å²) in [6, 6.07) is 12.4. The fraction of sp³-hybridized carbons (Fsp3) is 0.188. The van der Waals surface area contributed by atoms with E-state index in [0.29, 0.717) is 22.1 Å². The second-order valence-corrected chi connectivity index (χ2v) is 5.25. The van der Waals surface area contributed by atoms with Crippen molar-refractivity contribution in [3.8, 4) is 11.5 Å². The lowest BCUT2D eigenvalue weighted by atomic mass is 10.1. The van der Waals surface area contributed by atoms with Crippen LogP contribution < -0.4 is 14.8 Å². The molecule has 4 nitrogen and oxygen atoms in total. The van der Waals surface area contributed by atoms with E-state index in [4.69, 9.17) is 21.1 Å². The summed E-state index contributed by atoms with van der Waals surface area (Å²) in [5.74, 6) is 1.11. The first kappa shape index (κ1) is 13.8. The highest BCUT2D eigenvalue weighted by atomic mass is 35.5. The number of rotatable bonds is 3. The van der Waals surface area contributed by atoms with Crippen molar-refractivity contribution >= 4 is 17.5 Å². The van der Waals surface area contributed by atoms with Crippen LogP contribution in [0.4, 0.5) is 0 Å². The van der Waals surface area contributed by atoms with Crippen LogP contribution in [0.1, 0.15) is 28.9 Å². The smallest absolute Gasteiger partial charge is 0.251 e. The first-order chi connectivity index (χ1) is 10.1. The maximum atomic E-state index is 12.3. The number of halogens is 1. The zero-order valence-electron chi connectivity index (χ0n) is 11.4. The molecule has 1 aliphatic heterocycles. The molecule has 0 aromatic heterocycles. The van der Waals surface area contributed by atoms with Crippen molar-refractivity contribution in [1.82, 2.24) is 5.32 Å². The number of benzene rings is 2. The minimum absolute atomic E-state index is 0.111. The Labute approximate surface area is 127 Å². The molecule has 2 aromatic carbocycles. The van der Waals surface area contributed by atoms with Gasteiger partial charge in [0.05, 0.1) is 6.04 Å². The van der Waals surface area contributed by atoms with E-state index in [-0.39, 0.29) is 18.7 Å². The van der Waals surface area contributed by atoms with Crippen molar-refractivity contribution in [2.24, 2.45) is 0 Å². The van der Waals surface area contributed by atoms with Gasteiger partial charge in [-0.2, -0.15) is 0 Å². The molecule has 0 fully saturated rings. The average Bonchev–Trinajstić information content (AvgIpc) is 2.95. The molecule has 1 atom stereocenters. The monoisotopic (exact) mass is 303 g/mol. The molecule has 21 heavy (non-hydrogen) atoms. The van der Waals surface area contributed by atoms with E-state index in [2.05, 4.69) is 5.32 Å². The van der Waals surface area contributed by atoms with E-state index >= 15 is 0 Å². The first-order valence-electron chi connectivity index (χ1n) is 6.59. The fourth-order valence-corrected chi connectivity index (χ4v) is 2.28. The van der Waals surface area contributed by atoms with E-state index in [0.717, 1.165) is 5.56 Å². The number of hydrogen-bond donors (Lipinski definition) is 1. The van der Waals surface area contributed by atoms with Gasteiger partial charge >= 0.3 is 0 Å². The first-order valence-corrected chi connectivity index (χ1v) is 6.97. The maximum Gasteiger partial charge on any atom is 0.251 e. The molecule has 108 valence electrons. The SMILES string of the molecule is C[C@H](NC(=O)c1ccc2c(c1)OCO2)c1ccc(Cl)cc1. The van der Waals surface area contributed by atoms with Crippen molar-refractivity contribution in [2.75, 3.05) is 6.79 Å². The molecule has 0 radical (unpaired) electrons. The summed E-state index contributed by atoms with van der Waals surface area (Å²) in [6.45, 7) is 2.12. The number of ether oxygens (including phenoxy) is 2. The Kier molecular flexibility index (Phi) is 3.71. The van der Waals surface area contributed by atoms with Crippen molar-refractivity contribution in [3.63, 3.8) is 0 Å². The molecule has 0 bridgehead atoms. The van der Waals surface area contributed by atoms with E-state index in [1.807, 2.05) is 19.1 Å². The zero-order valence-corrected chi connectivity index (χ0v) is 12.2. The van der Waals surface area contributed by atoms with Crippen LogP contribution in [-0.2, 0) is 0 Å². The third kappa shape index (κ3) is 2.95. The minimum atomic E-state index is -0.157. The summed E-state index contributed by atoms with van der Waals surface area (Å²) in [5, 5.41) is 3.62. The van der Waals surface area contributed by atoms with Crippen LogP contribution >= 0.6 is 11.6 Å². The van der Waals surface area contributed by atoms with Crippen LogP contribution in [0, 0.1) is 0 Å². The van der Waals surface area contributed by atoms with Gasteiger partial charge in [-0.1, -0.05) is 23.7 Å². The Morgan fingerprint density at radius 2 is 1.86 bits per heavy atom. The van der Waals surface area contributed by atoms with Gasteiger partial charge in [-0.3, -0.25) is 4.79 Å². The van der Waals surface area contributed by atoms with Gasteiger partial charge < -0.3 is 14.8 Å². The molecule has 0 saturated heterocycles. The second-order valence-electron chi connectivity index (χ2n) is 4.81. The predicted octanol–water partition coefficient (Wildman–Crippen LogP) is 3.56. The second kappa shape index (κ2) is 5.66. The Balaban J connectivity index is 1.72. The average molecular weight is 304 g/mol. The van der Waals surface area contributed by atoms with Crippen LogP contribution in [0.15, 0.2) is 42.5 Å². The number of nitrogens with one attached hydrogen (secondary N) is 1. The topological polar surface area (TPSA) is 47.6 Å². The third-order valence-corrected chi connectivity index (χ3v) is 3.60. The lowest BCUT2D eigenvalue weighted by Crippen LogP contribution is -2.26. The molecule has 1 amide bonds. The Morgan fingerprint density at radius 3 is 2.62 bits per heavy atom. The Hall–Kier alpha value is -2.20. The lowest BCUT2D eigenvalue weighted by Gasteiger charge is -2.14. The van der Waals surface area contributed by atoms with E-state index in [1.54, 1.807) is 30.3 Å². The van der Waals surface area contributed by atoms with E-state index in [9.17, 15) is 4.79 Å². The molecular formula is C16H14ClNO3. The normalized spacial score (nSPS) is 13.8. The third-order valence-electron chi connectivity index (χ3n) is 3.35. The van der Waals surface area contributed by atoms with Gasteiger partial charge in [-0.15, -0.1) is 0 Å². The summed E-state index contributed by atoms with van der Waals surface area (Å²) >= 11 is 5.86. The molecule has 0 saturated carbocycles. The van der Waals surface area contributed by atoms with Gasteiger partial charge in [-0.05, 0) is 42.8 Å². The largest absolute Gasteiger partial charge is 0.454 e. The summed E-state index contributed by atoms with van der Waals surface area (Å²) in [6.07, 6.45) is 0. The van der Waals surface area contributed by atoms with Gasteiger partial charge in [0.15, 0.2) is 11.5 Å². The van der Waals surface area contributed by atoms with Crippen LogP contribution in [0.3, 0.4) is 0 Å². The van der Waals surface area contributed by atoms with Gasteiger partial charge in [0.25, 0.3) is 5.91 Å². The highest BCUT2D eigenvalue weighted by molar-refractivity contribution is 6.30. The van der Waals surface area contributed by atoms with Gasteiger partial charge in [0.1, 0.15) is 0 Å². The van der Waals surface area contributed by atoms with Crippen LogP contribution in [-0.4, -0.2) is 12.7 Å². The maximum absolute atomic E-state index is 12.3.